The molecule has 0 radical (unpaired) electrons. The van der Waals surface area contributed by atoms with E-state index in [4.69, 9.17) is 0 Å². The Morgan fingerprint density at radius 2 is 1.82 bits per heavy atom. The molecule has 0 saturated carbocycles. The average molecular weight is 317 g/mol. The second kappa shape index (κ2) is 6.91. The minimum absolute atomic E-state index is 0.114. The molecule has 0 unspecified atom stereocenters. The monoisotopic (exact) mass is 317 g/mol. The van der Waals surface area contributed by atoms with E-state index in [1.807, 2.05) is 0 Å². The van der Waals surface area contributed by atoms with Crippen LogP contribution in [0.1, 0.15) is 5.56 Å². The van der Waals surface area contributed by atoms with Gasteiger partial charge < -0.3 is 4.74 Å². The summed E-state index contributed by atoms with van der Waals surface area (Å²) >= 11 is 0. The van der Waals surface area contributed by atoms with Crippen molar-refractivity contribution in [2.45, 2.75) is 4.90 Å². The highest BCUT2D eigenvalue weighted by molar-refractivity contribution is 7.92. The first kappa shape index (κ1) is 15.8. The Morgan fingerprint density at radius 3 is 2.50 bits per heavy atom. The van der Waals surface area contributed by atoms with Gasteiger partial charge in [-0.25, -0.2) is 13.2 Å². The summed E-state index contributed by atoms with van der Waals surface area (Å²) in [7, 11) is -2.40. The highest BCUT2D eigenvalue weighted by Gasteiger charge is 2.14. The lowest BCUT2D eigenvalue weighted by atomic mass is 10.2. The van der Waals surface area contributed by atoms with E-state index in [1.54, 1.807) is 42.5 Å². The van der Waals surface area contributed by atoms with Crippen LogP contribution in [0.4, 0.5) is 5.69 Å². The number of benzene rings is 2. The zero-order valence-corrected chi connectivity index (χ0v) is 12.7. The van der Waals surface area contributed by atoms with E-state index in [0.717, 1.165) is 0 Å². The average Bonchev–Trinajstić information content (AvgIpc) is 2.53. The molecule has 0 spiro atoms. The standard InChI is InChI=1S/C16H15NO4S/c1-21-16(18)11-10-13-6-5-9-15(12-13)22(19,20)17-14-7-3-2-4-8-14/h2-12,17H,1H3/b11-10+. The van der Waals surface area contributed by atoms with Crippen LogP contribution >= 0.6 is 0 Å². The van der Waals surface area contributed by atoms with Gasteiger partial charge in [0.05, 0.1) is 12.0 Å². The van der Waals surface area contributed by atoms with Gasteiger partial charge in [0.1, 0.15) is 0 Å². The van der Waals surface area contributed by atoms with Crippen molar-refractivity contribution in [3.63, 3.8) is 0 Å². The molecule has 5 nitrogen and oxygen atoms in total. The number of para-hydroxylation sites is 1. The molecular weight excluding hydrogens is 302 g/mol. The Labute approximate surface area is 129 Å². The molecule has 0 aliphatic heterocycles. The second-order valence-electron chi connectivity index (χ2n) is 4.40. The highest BCUT2D eigenvalue weighted by atomic mass is 32.2. The highest BCUT2D eigenvalue weighted by Crippen LogP contribution is 2.17. The number of sulfonamides is 1. The van der Waals surface area contributed by atoms with E-state index in [0.29, 0.717) is 11.3 Å². The van der Waals surface area contributed by atoms with Crippen molar-refractivity contribution in [1.29, 1.82) is 0 Å². The van der Waals surface area contributed by atoms with Gasteiger partial charge in [0, 0.05) is 11.8 Å². The van der Waals surface area contributed by atoms with Crippen molar-refractivity contribution in [3.05, 3.63) is 66.2 Å². The van der Waals surface area contributed by atoms with Crippen LogP contribution in [0, 0.1) is 0 Å². The van der Waals surface area contributed by atoms with Crippen molar-refractivity contribution in [2.24, 2.45) is 0 Å². The maximum absolute atomic E-state index is 12.3. The zero-order chi connectivity index (χ0) is 16.0. The number of hydrogen-bond acceptors (Lipinski definition) is 4. The minimum Gasteiger partial charge on any atom is -0.466 e. The third-order valence-electron chi connectivity index (χ3n) is 2.81. The fourth-order valence-corrected chi connectivity index (χ4v) is 2.85. The number of carbonyl (C=O) groups is 1. The van der Waals surface area contributed by atoms with Crippen LogP contribution in [-0.4, -0.2) is 21.5 Å². The summed E-state index contributed by atoms with van der Waals surface area (Å²) in [6.07, 6.45) is 2.73. The number of methoxy groups -OCH3 is 1. The molecule has 0 aliphatic carbocycles. The first-order valence-electron chi connectivity index (χ1n) is 6.45. The molecule has 0 bridgehead atoms. The summed E-state index contributed by atoms with van der Waals surface area (Å²) in [6, 6.07) is 14.9. The summed E-state index contributed by atoms with van der Waals surface area (Å²) in [5, 5.41) is 0. The van der Waals surface area contributed by atoms with E-state index in [-0.39, 0.29) is 4.90 Å². The fourth-order valence-electron chi connectivity index (χ4n) is 1.74. The Kier molecular flexibility index (Phi) is 4.95. The van der Waals surface area contributed by atoms with Crippen LogP contribution in [-0.2, 0) is 19.6 Å². The zero-order valence-electron chi connectivity index (χ0n) is 11.9. The normalized spacial score (nSPS) is 11.3. The van der Waals surface area contributed by atoms with Gasteiger partial charge in [0.2, 0.25) is 0 Å². The molecule has 0 aromatic heterocycles. The number of hydrogen-bond donors (Lipinski definition) is 1. The summed E-state index contributed by atoms with van der Waals surface area (Å²) in [5.74, 6) is -0.504. The van der Waals surface area contributed by atoms with Crippen LogP contribution in [0.25, 0.3) is 6.08 Å². The number of carbonyl (C=O) groups excluding carboxylic acids is 1. The van der Waals surface area contributed by atoms with E-state index in [2.05, 4.69) is 9.46 Å². The second-order valence-corrected chi connectivity index (χ2v) is 6.08. The predicted octanol–water partition coefficient (Wildman–Crippen LogP) is 2.67. The molecule has 2 rings (SSSR count). The van der Waals surface area contributed by atoms with Crippen molar-refractivity contribution < 1.29 is 17.9 Å². The van der Waals surface area contributed by atoms with Gasteiger partial charge in [-0.2, -0.15) is 0 Å². The molecule has 0 heterocycles. The van der Waals surface area contributed by atoms with Crippen LogP contribution in [0.5, 0.6) is 0 Å². The molecule has 0 aliphatic rings. The maximum atomic E-state index is 12.3. The smallest absolute Gasteiger partial charge is 0.330 e. The van der Waals surface area contributed by atoms with Gasteiger partial charge in [0.25, 0.3) is 10.0 Å². The fraction of sp³-hybridized carbons (Fsp3) is 0.0625. The number of ether oxygens (including phenoxy) is 1. The molecule has 0 amide bonds. The van der Waals surface area contributed by atoms with Gasteiger partial charge >= 0.3 is 5.97 Å². The van der Waals surface area contributed by atoms with E-state index >= 15 is 0 Å². The minimum atomic E-state index is -3.68. The Balaban J connectivity index is 2.25. The molecule has 1 N–H and O–H groups in total. The quantitative estimate of drug-likeness (QED) is 0.680. The summed E-state index contributed by atoms with van der Waals surface area (Å²) in [5.41, 5.74) is 1.07. The third-order valence-corrected chi connectivity index (χ3v) is 4.19. The maximum Gasteiger partial charge on any atom is 0.330 e. The van der Waals surface area contributed by atoms with Gasteiger partial charge in [-0.05, 0) is 35.9 Å². The van der Waals surface area contributed by atoms with Crippen molar-refractivity contribution in [3.8, 4) is 0 Å². The van der Waals surface area contributed by atoms with E-state index in [9.17, 15) is 13.2 Å². The third kappa shape index (κ3) is 4.20. The lowest BCUT2D eigenvalue weighted by Crippen LogP contribution is -2.12. The number of esters is 1. The Hall–Kier alpha value is -2.60. The summed E-state index contributed by atoms with van der Waals surface area (Å²) in [6.45, 7) is 0. The summed E-state index contributed by atoms with van der Waals surface area (Å²) in [4.78, 5) is 11.2. The lowest BCUT2D eigenvalue weighted by Gasteiger charge is -2.08. The molecule has 114 valence electrons. The largest absolute Gasteiger partial charge is 0.466 e. The topological polar surface area (TPSA) is 72.5 Å². The van der Waals surface area contributed by atoms with E-state index < -0.39 is 16.0 Å². The lowest BCUT2D eigenvalue weighted by molar-refractivity contribution is -0.134. The number of rotatable bonds is 5. The molecule has 0 saturated heterocycles. The molecular formula is C16H15NO4S. The number of anilines is 1. The summed E-state index contributed by atoms with van der Waals surface area (Å²) < 4.78 is 31.6. The molecule has 0 fully saturated rings. The molecule has 22 heavy (non-hydrogen) atoms. The van der Waals surface area contributed by atoms with Crippen LogP contribution < -0.4 is 4.72 Å². The van der Waals surface area contributed by atoms with Gasteiger partial charge in [-0.1, -0.05) is 30.3 Å². The Bertz CT molecular complexity index is 783. The van der Waals surface area contributed by atoms with Crippen LogP contribution in [0.15, 0.2) is 65.6 Å². The Morgan fingerprint density at radius 1 is 1.09 bits per heavy atom. The number of nitrogens with one attached hydrogen (secondary N) is 1. The van der Waals surface area contributed by atoms with E-state index in [1.165, 1.54) is 31.4 Å². The van der Waals surface area contributed by atoms with Crippen molar-refractivity contribution in [2.75, 3.05) is 11.8 Å². The van der Waals surface area contributed by atoms with Crippen molar-refractivity contribution >= 4 is 27.8 Å². The van der Waals surface area contributed by atoms with Gasteiger partial charge in [-0.15, -0.1) is 0 Å². The van der Waals surface area contributed by atoms with Crippen LogP contribution in [0.2, 0.25) is 0 Å². The van der Waals surface area contributed by atoms with Gasteiger partial charge in [-0.3, -0.25) is 4.72 Å². The van der Waals surface area contributed by atoms with Crippen LogP contribution in [0.3, 0.4) is 0 Å². The molecule has 2 aromatic rings. The molecule has 2 aromatic carbocycles. The first-order valence-corrected chi connectivity index (χ1v) is 7.93. The first-order chi connectivity index (χ1) is 10.5. The van der Waals surface area contributed by atoms with Crippen molar-refractivity contribution in [1.82, 2.24) is 0 Å². The molecule has 0 atom stereocenters. The predicted molar refractivity (Wildman–Crippen MR) is 84.7 cm³/mol. The molecule has 6 heteroatoms. The SMILES string of the molecule is COC(=O)/C=C/c1cccc(S(=O)(=O)Nc2ccccc2)c1. The van der Waals surface area contributed by atoms with Gasteiger partial charge in [0.15, 0.2) is 0 Å².